The molecule has 0 radical (unpaired) electrons. The van der Waals surface area contributed by atoms with Gasteiger partial charge < -0.3 is 9.42 Å². The molecule has 0 bridgehead atoms. The van der Waals surface area contributed by atoms with Crippen molar-refractivity contribution >= 4 is 14.0 Å². The summed E-state index contributed by atoms with van der Waals surface area (Å²) in [7, 11) is -2.99. The summed E-state index contributed by atoms with van der Waals surface area (Å²) in [4.78, 5) is 20.0. The Morgan fingerprint density at radius 3 is 2.63 bits per heavy atom. The number of carbonyl (C=O) groups excluding carboxylic acids is 1. The van der Waals surface area contributed by atoms with Gasteiger partial charge in [-0.2, -0.15) is 0 Å². The van der Waals surface area contributed by atoms with Crippen LogP contribution in [-0.4, -0.2) is 17.3 Å². The lowest BCUT2D eigenvalue weighted by molar-refractivity contribution is -0.124. The van der Waals surface area contributed by atoms with Crippen LogP contribution in [0.5, 0.6) is 0 Å². The molecule has 4 nitrogen and oxygen atoms in total. The zero-order valence-corrected chi connectivity index (χ0v) is 12.2. The van der Waals surface area contributed by atoms with Crippen molar-refractivity contribution in [1.29, 1.82) is 0 Å². The number of rotatable bonds is 9. The Morgan fingerprint density at radius 2 is 2.00 bits per heavy atom. The Labute approximate surface area is 114 Å². The van der Waals surface area contributed by atoms with E-state index in [2.05, 4.69) is 16.7 Å². The van der Waals surface area contributed by atoms with Gasteiger partial charge in [-0.05, 0) is 24.8 Å². The fraction of sp³-hybridized carbons (Fsp3) is 0.500. The zero-order valence-electron chi connectivity index (χ0n) is 11.2. The second-order valence-corrected chi connectivity index (χ2v) is 5.47. The van der Waals surface area contributed by atoms with E-state index in [0.29, 0.717) is 0 Å². The first-order valence-corrected chi connectivity index (χ1v) is 7.78. The van der Waals surface area contributed by atoms with Crippen molar-refractivity contribution in [2.75, 3.05) is 6.61 Å². The highest BCUT2D eigenvalue weighted by Gasteiger charge is 2.13. The fourth-order valence-corrected chi connectivity index (χ4v) is 2.13. The van der Waals surface area contributed by atoms with Crippen LogP contribution < -0.4 is 0 Å². The lowest BCUT2D eigenvalue weighted by atomic mass is 9.98. The van der Waals surface area contributed by atoms with E-state index in [-0.39, 0.29) is 18.3 Å². The number of aryl methyl sites for hydroxylation is 1. The molecular weight excluding hydrogens is 263 g/mol. The zero-order chi connectivity index (χ0) is 14.1. The summed E-state index contributed by atoms with van der Waals surface area (Å²) in [5.74, 6) is -0.218. The molecule has 1 aromatic rings. The van der Waals surface area contributed by atoms with Crippen LogP contribution in [0.3, 0.4) is 0 Å². The first kappa shape index (κ1) is 16.1. The van der Waals surface area contributed by atoms with Gasteiger partial charge >= 0.3 is 8.25 Å². The molecular formula is C14H21O4P. The minimum absolute atomic E-state index is 0.105. The van der Waals surface area contributed by atoms with Crippen molar-refractivity contribution in [3.63, 3.8) is 0 Å². The van der Waals surface area contributed by atoms with Crippen molar-refractivity contribution in [1.82, 2.24) is 0 Å². The number of hydrogen-bond acceptors (Lipinski definition) is 3. The molecule has 0 aliphatic heterocycles. The van der Waals surface area contributed by atoms with Crippen molar-refractivity contribution in [2.45, 2.75) is 32.6 Å². The summed E-state index contributed by atoms with van der Waals surface area (Å²) in [6, 6.07) is 10.2. The molecule has 106 valence electrons. The molecule has 5 heteroatoms. The maximum atomic E-state index is 11.6. The van der Waals surface area contributed by atoms with E-state index >= 15 is 0 Å². The van der Waals surface area contributed by atoms with Crippen LogP contribution >= 0.6 is 8.25 Å². The molecule has 0 heterocycles. The minimum Gasteiger partial charge on any atom is -0.326 e. The van der Waals surface area contributed by atoms with Crippen LogP contribution in [-0.2, 0) is 20.3 Å². The predicted molar refractivity (Wildman–Crippen MR) is 75.3 cm³/mol. The smallest absolute Gasteiger partial charge is 0.317 e. The molecule has 1 aromatic carbocycles. The van der Waals surface area contributed by atoms with Gasteiger partial charge in [0.1, 0.15) is 6.61 Å². The monoisotopic (exact) mass is 284 g/mol. The Balaban J connectivity index is 2.14. The highest BCUT2D eigenvalue weighted by atomic mass is 31.1. The molecule has 2 atom stereocenters. The molecule has 2 unspecified atom stereocenters. The van der Waals surface area contributed by atoms with Gasteiger partial charge in [0.25, 0.3) is 0 Å². The van der Waals surface area contributed by atoms with E-state index in [1.165, 1.54) is 5.56 Å². The second kappa shape index (κ2) is 9.03. The summed E-state index contributed by atoms with van der Waals surface area (Å²) in [6.07, 6.45) is 3.82. The summed E-state index contributed by atoms with van der Waals surface area (Å²) >= 11 is 0. The quantitative estimate of drug-likeness (QED) is 0.559. The van der Waals surface area contributed by atoms with Crippen LogP contribution in [0.2, 0.25) is 0 Å². The number of unbranched alkanes of at least 4 members (excludes halogenated alkanes) is 1. The summed E-state index contributed by atoms with van der Waals surface area (Å²) in [5.41, 5.74) is 1.31. The largest absolute Gasteiger partial charge is 0.326 e. The van der Waals surface area contributed by atoms with Gasteiger partial charge in [-0.3, -0.25) is 9.36 Å². The van der Waals surface area contributed by atoms with Gasteiger partial charge in [0, 0.05) is 5.92 Å². The predicted octanol–water partition coefficient (Wildman–Crippen LogP) is 3.00. The topological polar surface area (TPSA) is 63.6 Å². The number of ketones is 1. The molecule has 0 aliphatic carbocycles. The Hall–Kier alpha value is -0.960. The maximum absolute atomic E-state index is 11.6. The standard InChI is InChI=1S/C14H21O4P/c1-12(14(15)11-18-19(16)17)7-5-6-10-13-8-3-2-4-9-13/h2-4,8-9,12,19H,5-7,10-11H2,1H3,(H,16,17). The van der Waals surface area contributed by atoms with Crippen molar-refractivity contribution in [3.8, 4) is 0 Å². The van der Waals surface area contributed by atoms with Gasteiger partial charge in [-0.25, -0.2) is 0 Å². The Bertz CT molecular complexity index is 405. The van der Waals surface area contributed by atoms with E-state index in [0.717, 1.165) is 25.7 Å². The Morgan fingerprint density at radius 1 is 1.32 bits per heavy atom. The Kier molecular flexibility index (Phi) is 7.65. The highest BCUT2D eigenvalue weighted by Crippen LogP contribution is 2.17. The van der Waals surface area contributed by atoms with Gasteiger partial charge in [0.15, 0.2) is 5.78 Å². The minimum atomic E-state index is -2.99. The lowest BCUT2D eigenvalue weighted by Crippen LogP contribution is -2.15. The average molecular weight is 284 g/mol. The van der Waals surface area contributed by atoms with Crippen molar-refractivity contribution in [3.05, 3.63) is 35.9 Å². The van der Waals surface area contributed by atoms with E-state index in [4.69, 9.17) is 4.89 Å². The number of hydrogen-bond donors (Lipinski definition) is 1. The molecule has 0 saturated heterocycles. The molecule has 0 fully saturated rings. The second-order valence-electron chi connectivity index (χ2n) is 4.65. The van der Waals surface area contributed by atoms with E-state index < -0.39 is 8.25 Å². The van der Waals surface area contributed by atoms with Crippen LogP contribution in [0.25, 0.3) is 0 Å². The molecule has 1 rings (SSSR count). The molecule has 0 amide bonds. The SMILES string of the molecule is CC(CCCCc1ccccc1)C(=O)CO[PH](=O)O. The van der Waals surface area contributed by atoms with E-state index in [1.807, 2.05) is 25.1 Å². The van der Waals surface area contributed by atoms with Gasteiger partial charge in [-0.1, -0.05) is 43.7 Å². The summed E-state index contributed by atoms with van der Waals surface area (Å²) in [5, 5.41) is 0. The molecule has 0 spiro atoms. The van der Waals surface area contributed by atoms with Crippen LogP contribution in [0.1, 0.15) is 31.7 Å². The van der Waals surface area contributed by atoms with Crippen molar-refractivity contribution in [2.24, 2.45) is 5.92 Å². The molecule has 1 N–H and O–H groups in total. The van der Waals surface area contributed by atoms with E-state index in [9.17, 15) is 9.36 Å². The van der Waals surface area contributed by atoms with Crippen LogP contribution in [0, 0.1) is 5.92 Å². The first-order chi connectivity index (χ1) is 9.09. The third-order valence-corrected chi connectivity index (χ3v) is 3.47. The third kappa shape index (κ3) is 7.26. The molecule has 0 saturated carbocycles. The van der Waals surface area contributed by atoms with Gasteiger partial charge in [0.2, 0.25) is 0 Å². The van der Waals surface area contributed by atoms with Crippen molar-refractivity contribution < 1.29 is 18.8 Å². The normalized spacial score (nSPS) is 14.0. The summed E-state index contributed by atoms with van der Waals surface area (Å²) < 4.78 is 14.8. The molecule has 19 heavy (non-hydrogen) atoms. The van der Waals surface area contributed by atoms with Gasteiger partial charge in [0.05, 0.1) is 0 Å². The summed E-state index contributed by atoms with van der Waals surface area (Å²) in [6.45, 7) is 1.58. The number of carbonyl (C=O) groups is 1. The number of Topliss-reactive ketones (excluding diaryl/α,β-unsaturated/α-hetero) is 1. The number of benzene rings is 1. The van der Waals surface area contributed by atoms with E-state index in [1.54, 1.807) is 0 Å². The average Bonchev–Trinajstić information content (AvgIpc) is 2.41. The highest BCUT2D eigenvalue weighted by molar-refractivity contribution is 7.32. The van der Waals surface area contributed by atoms with Crippen LogP contribution in [0.4, 0.5) is 0 Å². The fourth-order valence-electron chi connectivity index (χ4n) is 1.86. The van der Waals surface area contributed by atoms with Crippen LogP contribution in [0.15, 0.2) is 30.3 Å². The maximum Gasteiger partial charge on any atom is 0.317 e. The van der Waals surface area contributed by atoms with Gasteiger partial charge in [-0.15, -0.1) is 0 Å². The third-order valence-electron chi connectivity index (χ3n) is 3.08. The molecule has 0 aliphatic rings. The molecule has 0 aromatic heterocycles. The first-order valence-electron chi connectivity index (χ1n) is 6.52. The lowest BCUT2D eigenvalue weighted by Gasteiger charge is -2.09.